The molecule has 0 amide bonds. The Kier molecular flexibility index (Phi) is 6.40. The predicted molar refractivity (Wildman–Crippen MR) is 124 cm³/mol. The van der Waals surface area contributed by atoms with E-state index in [0.717, 1.165) is 54.2 Å². The summed E-state index contributed by atoms with van der Waals surface area (Å²) in [6, 6.07) is 8.51. The third-order valence-electron chi connectivity index (χ3n) is 6.03. The molecule has 7 heteroatoms. The molecule has 0 saturated heterocycles. The summed E-state index contributed by atoms with van der Waals surface area (Å²) in [5, 5.41) is 2.31. The second kappa shape index (κ2) is 8.90. The molecular weight excluding hydrogens is 529 g/mol. The van der Waals surface area contributed by atoms with Gasteiger partial charge in [-0.3, -0.25) is 0 Å². The number of hydrogen-bond acceptors (Lipinski definition) is 4. The molecule has 0 bridgehead atoms. The summed E-state index contributed by atoms with van der Waals surface area (Å²) >= 11 is 2.60. The van der Waals surface area contributed by atoms with E-state index < -0.39 is 0 Å². The molecule has 0 saturated carbocycles. The molecule has 3 heterocycles. The Morgan fingerprint density at radius 2 is 1.87 bits per heavy atom. The number of aromatic nitrogens is 1. The van der Waals surface area contributed by atoms with E-state index in [9.17, 15) is 0 Å². The first-order chi connectivity index (χ1) is 14.7. The van der Waals surface area contributed by atoms with Gasteiger partial charge in [0.15, 0.2) is 35.7 Å². The van der Waals surface area contributed by atoms with Crippen LogP contribution in [0.25, 0.3) is 22.0 Å². The second-order valence-electron chi connectivity index (χ2n) is 7.72. The molecule has 31 heavy (non-hydrogen) atoms. The van der Waals surface area contributed by atoms with E-state index in [4.69, 9.17) is 18.9 Å². The first kappa shape index (κ1) is 22.3. The Morgan fingerprint density at radius 1 is 1.10 bits per heavy atom. The number of aryl methyl sites for hydroxylation is 2. The maximum absolute atomic E-state index is 5.79. The summed E-state index contributed by atoms with van der Waals surface area (Å²) in [5.74, 6) is 3.25. The Balaban J connectivity index is 0.00000231. The van der Waals surface area contributed by atoms with Crippen molar-refractivity contribution in [2.75, 3.05) is 21.0 Å². The number of nitrogens with zero attached hydrogens (tertiary/aromatic N) is 1. The average Bonchev–Trinajstić information content (AvgIpc) is 3.22. The van der Waals surface area contributed by atoms with Gasteiger partial charge in [0.2, 0.25) is 12.5 Å². The minimum Gasteiger partial charge on any atom is -1.00 e. The first-order valence-electron chi connectivity index (χ1n) is 10.3. The predicted octanol–water partition coefficient (Wildman–Crippen LogP) is 2.38. The first-order valence-corrected chi connectivity index (χ1v) is 11.6. The van der Waals surface area contributed by atoms with E-state index in [2.05, 4.69) is 58.5 Å². The molecule has 2 aromatic carbocycles. The van der Waals surface area contributed by atoms with Crippen molar-refractivity contribution < 1.29 is 35.9 Å². The van der Waals surface area contributed by atoms with Crippen LogP contribution >= 0.6 is 22.6 Å². The molecule has 0 fully saturated rings. The summed E-state index contributed by atoms with van der Waals surface area (Å²) in [6.07, 6.45) is 5.42. The molecular formula is C24H25ClINO4. The van der Waals surface area contributed by atoms with Crippen molar-refractivity contribution in [2.45, 2.75) is 36.7 Å². The molecule has 5 nitrogen and oxygen atoms in total. The van der Waals surface area contributed by atoms with Gasteiger partial charge < -0.3 is 31.4 Å². The van der Waals surface area contributed by atoms with Gasteiger partial charge in [-0.1, -0.05) is 35.9 Å². The van der Waals surface area contributed by atoms with E-state index in [0.29, 0.717) is 10.7 Å². The highest BCUT2D eigenvalue weighted by Gasteiger charge is 2.34. The standard InChI is InChI=1S/C24H25INO4.ClH/c1-4-5-18(25)22-15-6-7-19(27-2)24(28-3)17(15)12-26-9-8-14-10-20-21(30-13-29-20)11-16(14)23(22)26;/h6-7,10-12,18H,4-5,8-9,13H2,1-3H3;1H/q+1;/p-1. The average molecular weight is 554 g/mol. The number of ether oxygens (including phenoxy) is 4. The van der Waals surface area contributed by atoms with Crippen molar-refractivity contribution >= 4 is 33.4 Å². The molecule has 2 aliphatic heterocycles. The van der Waals surface area contributed by atoms with Gasteiger partial charge in [-0.15, -0.1) is 0 Å². The minimum atomic E-state index is 0. The van der Waals surface area contributed by atoms with Crippen molar-refractivity contribution in [1.29, 1.82) is 0 Å². The zero-order valence-electron chi connectivity index (χ0n) is 17.8. The van der Waals surface area contributed by atoms with Gasteiger partial charge in [-0.25, -0.2) is 0 Å². The zero-order valence-corrected chi connectivity index (χ0v) is 20.7. The van der Waals surface area contributed by atoms with E-state index in [1.807, 2.05) is 6.07 Å². The van der Waals surface area contributed by atoms with E-state index >= 15 is 0 Å². The Hall–Kier alpha value is -1.93. The number of alkyl halides is 1. The highest BCUT2D eigenvalue weighted by atomic mass is 127. The number of hydrogen-bond donors (Lipinski definition) is 0. The number of rotatable bonds is 5. The Labute approximate surface area is 202 Å². The summed E-state index contributed by atoms with van der Waals surface area (Å²) in [6.45, 7) is 3.46. The number of fused-ring (bicyclic) bond motifs is 5. The SMILES string of the molecule is CCCC(I)c1c2[n+](cc3c(OC)c(OC)ccc13)CCc1cc3c(cc1-2)OCO3.[Cl-]. The summed E-state index contributed by atoms with van der Waals surface area (Å²) in [4.78, 5) is 0. The van der Waals surface area contributed by atoms with Crippen LogP contribution in [-0.2, 0) is 13.0 Å². The van der Waals surface area contributed by atoms with Gasteiger partial charge in [0.25, 0.3) is 0 Å². The summed E-state index contributed by atoms with van der Waals surface area (Å²) in [5.41, 5.74) is 5.20. The van der Waals surface area contributed by atoms with Gasteiger partial charge in [0.05, 0.1) is 25.2 Å². The molecule has 2 aliphatic rings. The zero-order chi connectivity index (χ0) is 20.8. The molecule has 0 N–H and O–H groups in total. The van der Waals surface area contributed by atoms with E-state index in [1.54, 1.807) is 14.2 Å². The Bertz CT molecular complexity index is 1150. The van der Waals surface area contributed by atoms with Gasteiger partial charge in [0, 0.05) is 21.3 Å². The van der Waals surface area contributed by atoms with Crippen molar-refractivity contribution in [1.82, 2.24) is 0 Å². The number of methoxy groups -OCH3 is 2. The molecule has 164 valence electrons. The maximum atomic E-state index is 5.79. The van der Waals surface area contributed by atoms with Crippen LogP contribution in [0, 0.1) is 0 Å². The maximum Gasteiger partial charge on any atom is 0.231 e. The van der Waals surface area contributed by atoms with Crippen molar-refractivity contribution in [3.8, 4) is 34.3 Å². The van der Waals surface area contributed by atoms with E-state index in [1.165, 1.54) is 27.8 Å². The number of halogens is 2. The highest BCUT2D eigenvalue weighted by Crippen LogP contribution is 2.47. The smallest absolute Gasteiger partial charge is 0.231 e. The fraction of sp³-hybridized carbons (Fsp3) is 0.375. The molecule has 1 unspecified atom stereocenters. The van der Waals surface area contributed by atoms with Crippen LogP contribution in [0.15, 0.2) is 30.5 Å². The summed E-state index contributed by atoms with van der Waals surface area (Å²) in [7, 11) is 3.40. The molecule has 0 spiro atoms. The fourth-order valence-corrected chi connectivity index (χ4v) is 5.91. The van der Waals surface area contributed by atoms with Gasteiger partial charge in [-0.2, -0.15) is 4.57 Å². The fourth-order valence-electron chi connectivity index (χ4n) is 4.66. The lowest BCUT2D eigenvalue weighted by Crippen LogP contribution is -3.00. The number of benzene rings is 2. The van der Waals surface area contributed by atoms with Crippen LogP contribution in [-0.4, -0.2) is 21.0 Å². The van der Waals surface area contributed by atoms with Crippen LogP contribution in [0.3, 0.4) is 0 Å². The van der Waals surface area contributed by atoms with E-state index in [-0.39, 0.29) is 12.4 Å². The third kappa shape index (κ3) is 3.57. The van der Waals surface area contributed by atoms with Crippen LogP contribution < -0.4 is 35.9 Å². The quantitative estimate of drug-likeness (QED) is 0.277. The van der Waals surface area contributed by atoms with Crippen LogP contribution in [0.5, 0.6) is 23.0 Å². The summed E-state index contributed by atoms with van der Waals surface area (Å²) < 4.78 is 25.5. The monoisotopic (exact) mass is 553 g/mol. The topological polar surface area (TPSA) is 40.8 Å². The lowest BCUT2D eigenvalue weighted by molar-refractivity contribution is -0.686. The largest absolute Gasteiger partial charge is 1.00 e. The molecule has 3 aromatic rings. The Morgan fingerprint density at radius 3 is 2.58 bits per heavy atom. The molecule has 1 atom stereocenters. The van der Waals surface area contributed by atoms with Crippen LogP contribution in [0.4, 0.5) is 0 Å². The van der Waals surface area contributed by atoms with Gasteiger partial charge >= 0.3 is 0 Å². The number of pyridine rings is 1. The second-order valence-corrected chi connectivity index (χ2v) is 9.22. The van der Waals surface area contributed by atoms with Crippen molar-refractivity contribution in [3.05, 3.63) is 41.6 Å². The molecule has 0 radical (unpaired) electrons. The molecule has 0 aliphatic carbocycles. The highest BCUT2D eigenvalue weighted by molar-refractivity contribution is 14.1. The van der Waals surface area contributed by atoms with Crippen LogP contribution in [0.1, 0.15) is 34.8 Å². The lowest BCUT2D eigenvalue weighted by Gasteiger charge is -2.23. The lowest BCUT2D eigenvalue weighted by atomic mass is 9.89. The van der Waals surface area contributed by atoms with Gasteiger partial charge in [0.1, 0.15) is 0 Å². The normalized spacial score (nSPS) is 14.5. The van der Waals surface area contributed by atoms with Crippen molar-refractivity contribution in [2.24, 2.45) is 0 Å². The molecule has 5 rings (SSSR count). The third-order valence-corrected chi connectivity index (χ3v) is 7.28. The minimum absolute atomic E-state index is 0. The molecule has 1 aromatic heterocycles. The van der Waals surface area contributed by atoms with Crippen molar-refractivity contribution in [3.63, 3.8) is 0 Å². The van der Waals surface area contributed by atoms with Crippen LogP contribution in [0.2, 0.25) is 0 Å². The van der Waals surface area contributed by atoms with Gasteiger partial charge in [-0.05, 0) is 36.2 Å².